The molecule has 2 nitrogen and oxygen atoms in total. The molecule has 0 saturated carbocycles. The predicted molar refractivity (Wildman–Crippen MR) is 230 cm³/mol. The Morgan fingerprint density at radius 3 is 0.908 bits per heavy atom. The molecule has 0 saturated heterocycles. The third-order valence-electron chi connectivity index (χ3n) is 11.5. The van der Waals surface area contributed by atoms with Crippen LogP contribution in [0.3, 0.4) is 0 Å². The summed E-state index contributed by atoms with van der Waals surface area (Å²) in [6, 6.07) is 7.59. The SMILES string of the molecule is CS(=O)c1ccc(C[n+]2csc3ccccc32)cc1.FC(F)(F)c1cc([B-](c2cc(C(F)(F)F)cc(C(F)(F)F)c2)(c2cc(C(F)(F)F)cc(C(F)(F)F)c2)c2cc(C(F)(F)F)cc(C(F)(F)F)c2)cc(C(F)(F)F)c1. The molecule has 29 heteroatoms. The largest absolute Gasteiger partial charge is 0.416 e. The highest BCUT2D eigenvalue weighted by atomic mass is 32.2. The number of thiazole rings is 1. The molecule has 0 fully saturated rings. The van der Waals surface area contributed by atoms with E-state index >= 15 is 0 Å². The monoisotopic (exact) mass is 1150 g/mol. The molecule has 1 heterocycles. The first-order valence-corrected chi connectivity index (χ1v) is 23.1. The summed E-state index contributed by atoms with van der Waals surface area (Å²) in [5.41, 5.74) is -25.6. The zero-order chi connectivity index (χ0) is 57.2. The molecule has 0 N–H and O–H groups in total. The van der Waals surface area contributed by atoms with Crippen LogP contribution in [0.15, 0.2) is 132 Å². The number of aromatic nitrogens is 1. The Morgan fingerprint density at radius 2 is 0.658 bits per heavy atom. The van der Waals surface area contributed by atoms with Crippen LogP contribution in [-0.4, -0.2) is 16.6 Å². The molecule has 1 atom stereocenters. The summed E-state index contributed by atoms with van der Waals surface area (Å²) < 4.78 is 356. The van der Waals surface area contributed by atoms with Crippen molar-refractivity contribution in [2.45, 2.75) is 60.9 Å². The van der Waals surface area contributed by atoms with Crippen LogP contribution < -0.4 is 26.4 Å². The van der Waals surface area contributed by atoms with Gasteiger partial charge in [-0.3, -0.25) is 4.21 Å². The van der Waals surface area contributed by atoms with E-state index in [0.717, 1.165) is 11.4 Å². The van der Waals surface area contributed by atoms with Crippen molar-refractivity contribution in [3.8, 4) is 0 Å². The number of nitrogens with zero attached hydrogens (tertiary/aromatic N) is 1. The van der Waals surface area contributed by atoms with Crippen molar-refractivity contribution in [3.63, 3.8) is 0 Å². The quantitative estimate of drug-likeness (QED) is 0.0885. The molecule has 0 aliphatic carbocycles. The average Bonchev–Trinajstić information content (AvgIpc) is 3.69. The second kappa shape index (κ2) is 20.3. The van der Waals surface area contributed by atoms with Crippen LogP contribution in [0.1, 0.15) is 50.1 Å². The first-order valence-electron chi connectivity index (χ1n) is 20.6. The standard InChI is InChI=1S/C32H12BF24.C15H14NOS2/c34-25(35,36)13-1-14(26(37,38)39)6-21(5-13)33(22-7-15(27(40,41)42)2-16(8-22)28(43,44)45,23-9-17(29(46,47)48)3-18(10-23)30(49,50)51)24-11-19(31(52,53)54)4-20(12-24)32(55,56)57;1-19(17)13-8-6-12(7-9-13)10-16-11-18-15-5-3-2-4-14(15)16/h1-12H;2-9,11H,10H2,1H3/q-1;+1. The van der Waals surface area contributed by atoms with Gasteiger partial charge in [0.25, 0.3) is 0 Å². The molecule has 7 rings (SSSR count). The van der Waals surface area contributed by atoms with E-state index in [9.17, 15) is 110 Å². The van der Waals surface area contributed by atoms with Crippen molar-refractivity contribution in [3.05, 3.63) is 177 Å². The highest BCUT2D eigenvalue weighted by Crippen LogP contribution is 2.41. The minimum atomic E-state index is -6.13. The molecule has 0 aliphatic rings. The van der Waals surface area contributed by atoms with Crippen molar-refractivity contribution in [2.24, 2.45) is 0 Å². The van der Waals surface area contributed by atoms with Gasteiger partial charge in [0, 0.05) is 33.6 Å². The molecule has 7 aromatic rings. The van der Waals surface area contributed by atoms with Gasteiger partial charge in [0.2, 0.25) is 11.0 Å². The summed E-state index contributed by atoms with van der Waals surface area (Å²) >= 11 is 1.76. The van der Waals surface area contributed by atoms with Gasteiger partial charge < -0.3 is 0 Å². The fourth-order valence-electron chi connectivity index (χ4n) is 8.15. The second-order valence-electron chi connectivity index (χ2n) is 16.6. The molecular weight excluding hydrogens is 1130 g/mol. The lowest BCUT2D eigenvalue weighted by Gasteiger charge is -2.46. The van der Waals surface area contributed by atoms with Crippen LogP contribution in [0.2, 0.25) is 0 Å². The van der Waals surface area contributed by atoms with Gasteiger partial charge in [-0.25, -0.2) is 0 Å². The lowest BCUT2D eigenvalue weighted by molar-refractivity contribution is -0.658. The molecule has 0 amide bonds. The first kappa shape index (κ1) is 59.0. The normalized spacial score (nSPS) is 13.9. The van der Waals surface area contributed by atoms with Crippen molar-refractivity contribution in [1.82, 2.24) is 0 Å². The summed E-state index contributed by atoms with van der Waals surface area (Å²) in [5.74, 6) is 0. The van der Waals surface area contributed by atoms with Crippen molar-refractivity contribution < 1.29 is 114 Å². The molecule has 1 aromatic heterocycles. The van der Waals surface area contributed by atoms with Crippen LogP contribution in [0.25, 0.3) is 10.2 Å². The number of halogens is 24. The zero-order valence-corrected chi connectivity index (χ0v) is 38.8. The maximum Gasteiger partial charge on any atom is 0.416 e. The summed E-state index contributed by atoms with van der Waals surface area (Å²) in [7, 11) is -0.903. The summed E-state index contributed by atoms with van der Waals surface area (Å²) in [5, 5.41) is 0. The van der Waals surface area contributed by atoms with Crippen molar-refractivity contribution >= 4 is 60.4 Å². The van der Waals surface area contributed by atoms with Crippen LogP contribution in [-0.2, 0) is 66.8 Å². The van der Waals surface area contributed by atoms with Gasteiger partial charge in [-0.15, -0.1) is 0 Å². The van der Waals surface area contributed by atoms with E-state index in [1.165, 1.54) is 15.8 Å². The first-order chi connectivity index (χ1) is 34.5. The van der Waals surface area contributed by atoms with E-state index in [1.54, 1.807) is 17.6 Å². The Labute approximate surface area is 417 Å². The second-order valence-corrected chi connectivity index (χ2v) is 18.9. The molecule has 1 unspecified atom stereocenters. The minimum Gasteiger partial charge on any atom is -0.255 e. The Morgan fingerprint density at radius 1 is 0.395 bits per heavy atom. The highest BCUT2D eigenvalue weighted by Gasteiger charge is 2.47. The number of alkyl halides is 24. The van der Waals surface area contributed by atoms with Crippen LogP contribution >= 0.6 is 11.3 Å². The van der Waals surface area contributed by atoms with Gasteiger partial charge in [0.1, 0.15) is 10.8 Å². The molecule has 0 spiro atoms. The average molecular weight is 1150 g/mol. The van der Waals surface area contributed by atoms with Gasteiger partial charge in [-0.1, -0.05) is 84.1 Å². The lowest BCUT2D eigenvalue weighted by atomic mass is 9.12. The van der Waals surface area contributed by atoms with Gasteiger partial charge >= 0.3 is 49.4 Å². The number of fused-ring (bicyclic) bond motifs is 1. The van der Waals surface area contributed by atoms with Crippen LogP contribution in [0.4, 0.5) is 105 Å². The van der Waals surface area contributed by atoms with Gasteiger partial charge in [-0.05, 0) is 42.5 Å². The fourth-order valence-corrected chi connectivity index (χ4v) is 9.56. The number of hydrogen-bond acceptors (Lipinski definition) is 2. The van der Waals surface area contributed by atoms with E-state index in [-0.39, 0.29) is 0 Å². The number of rotatable bonds is 7. The molecule has 0 aliphatic heterocycles. The molecule has 0 radical (unpaired) electrons. The zero-order valence-electron chi connectivity index (χ0n) is 37.2. The van der Waals surface area contributed by atoms with E-state index in [1.807, 2.05) is 12.1 Å². The number of benzene rings is 6. The van der Waals surface area contributed by atoms with Crippen molar-refractivity contribution in [2.75, 3.05) is 6.26 Å². The van der Waals surface area contributed by atoms with E-state index in [4.69, 9.17) is 0 Å². The minimum absolute atomic E-state index is 0.691. The molecule has 0 bridgehead atoms. The maximum absolute atomic E-state index is 14.2. The Bertz CT molecular complexity index is 2830. The van der Waals surface area contributed by atoms with Crippen molar-refractivity contribution in [1.29, 1.82) is 0 Å². The third-order valence-corrected chi connectivity index (χ3v) is 13.4. The van der Waals surface area contributed by atoms with E-state index < -0.39 is 206 Å². The topological polar surface area (TPSA) is 20.9 Å². The summed E-state index contributed by atoms with van der Waals surface area (Å²) in [4.78, 5) is 0.879. The Kier molecular flexibility index (Phi) is 15.7. The molecular formula is C47H26BF24NOS2. The molecule has 6 aromatic carbocycles. The van der Waals surface area contributed by atoms with E-state index in [2.05, 4.69) is 46.5 Å². The van der Waals surface area contributed by atoms with Gasteiger partial charge in [-0.2, -0.15) is 132 Å². The smallest absolute Gasteiger partial charge is 0.255 e. The highest BCUT2D eigenvalue weighted by molar-refractivity contribution is 7.84. The predicted octanol–water partition coefficient (Wildman–Crippen LogP) is 14.2. The Hall–Kier alpha value is -6.26. The van der Waals surface area contributed by atoms with Crippen LogP contribution in [0, 0.1) is 0 Å². The number of hydrogen-bond donors (Lipinski definition) is 0. The van der Waals surface area contributed by atoms with Crippen LogP contribution in [0.5, 0.6) is 0 Å². The molecule has 408 valence electrons. The maximum atomic E-state index is 14.2. The van der Waals surface area contributed by atoms with Gasteiger partial charge in [0.15, 0.2) is 6.54 Å². The number of para-hydroxylation sites is 1. The van der Waals surface area contributed by atoms with Gasteiger partial charge in [0.05, 0.1) is 44.5 Å². The van der Waals surface area contributed by atoms with E-state index in [0.29, 0.717) is 0 Å². The summed E-state index contributed by atoms with van der Waals surface area (Å²) in [6.07, 6.45) is -53.1. The lowest BCUT2D eigenvalue weighted by Crippen LogP contribution is -2.75. The molecule has 76 heavy (non-hydrogen) atoms. The Balaban J connectivity index is 0.000000408. The third kappa shape index (κ3) is 13.1. The fraction of sp³-hybridized carbons (Fsp3) is 0.213. The summed E-state index contributed by atoms with van der Waals surface area (Å²) in [6.45, 7) is 0.848.